The molecule has 8 heteroatoms. The number of esters is 1. The highest BCUT2D eigenvalue weighted by Crippen LogP contribution is 2.36. The van der Waals surface area contributed by atoms with E-state index < -0.39 is 9.84 Å². The predicted octanol–water partition coefficient (Wildman–Crippen LogP) is 6.58. The fourth-order valence-electron chi connectivity index (χ4n) is 4.74. The highest BCUT2D eigenvalue weighted by atomic mass is 32.2. The molecule has 0 radical (unpaired) electrons. The molecule has 7 nitrogen and oxygen atoms in total. The molecule has 0 bridgehead atoms. The Morgan fingerprint density at radius 3 is 2.28 bits per heavy atom. The van der Waals surface area contributed by atoms with Gasteiger partial charge < -0.3 is 14.8 Å². The van der Waals surface area contributed by atoms with Crippen molar-refractivity contribution in [1.29, 1.82) is 0 Å². The van der Waals surface area contributed by atoms with Gasteiger partial charge in [0.15, 0.2) is 9.84 Å². The molecule has 1 unspecified atom stereocenters. The van der Waals surface area contributed by atoms with Crippen LogP contribution >= 0.6 is 0 Å². The van der Waals surface area contributed by atoms with Gasteiger partial charge in [0.2, 0.25) is 5.91 Å². The number of nitrogens with one attached hydrogen (secondary N) is 1. The molecule has 216 valence electrons. The zero-order chi connectivity index (χ0) is 29.2. The van der Waals surface area contributed by atoms with E-state index in [1.165, 1.54) is 14.2 Å². The van der Waals surface area contributed by atoms with Gasteiger partial charge in [0.1, 0.15) is 5.75 Å². The highest BCUT2D eigenvalue weighted by Gasteiger charge is 2.25. The second kappa shape index (κ2) is 14.5. The Hall–Kier alpha value is -2.87. The number of anilines is 1. The first-order chi connectivity index (χ1) is 18.4. The molecule has 0 spiro atoms. The Morgan fingerprint density at radius 2 is 1.69 bits per heavy atom. The van der Waals surface area contributed by atoms with Crippen molar-refractivity contribution in [3.63, 3.8) is 0 Å². The molecule has 1 atom stereocenters. The van der Waals surface area contributed by atoms with E-state index in [2.05, 4.69) is 33.0 Å². The molecule has 2 aromatic rings. The minimum atomic E-state index is -3.40. The van der Waals surface area contributed by atoms with Crippen LogP contribution in [0.25, 0.3) is 0 Å². The summed E-state index contributed by atoms with van der Waals surface area (Å²) in [5.41, 5.74) is 3.00. The van der Waals surface area contributed by atoms with Crippen molar-refractivity contribution >= 4 is 27.4 Å². The average molecular weight is 560 g/mol. The van der Waals surface area contributed by atoms with Crippen molar-refractivity contribution in [2.45, 2.75) is 95.8 Å². The summed E-state index contributed by atoms with van der Waals surface area (Å²) >= 11 is 0. The van der Waals surface area contributed by atoms with E-state index >= 15 is 0 Å². The van der Waals surface area contributed by atoms with Gasteiger partial charge in [-0.15, -0.1) is 0 Å². The maximum atomic E-state index is 13.5. The third-order valence-electron chi connectivity index (χ3n) is 6.81. The van der Waals surface area contributed by atoms with Crippen LogP contribution in [0.1, 0.15) is 95.8 Å². The van der Waals surface area contributed by atoms with Gasteiger partial charge in [-0.3, -0.25) is 9.59 Å². The number of sulfone groups is 1. The summed E-state index contributed by atoms with van der Waals surface area (Å²) in [7, 11) is -0.513. The van der Waals surface area contributed by atoms with Crippen LogP contribution in [-0.4, -0.2) is 40.3 Å². The van der Waals surface area contributed by atoms with Crippen LogP contribution in [0.3, 0.4) is 0 Å². The lowest BCUT2D eigenvalue weighted by atomic mass is 9.84. The van der Waals surface area contributed by atoms with E-state index in [9.17, 15) is 18.0 Å². The number of hydrogen-bond donors (Lipinski definition) is 1. The van der Waals surface area contributed by atoms with Crippen LogP contribution in [-0.2, 0) is 36.0 Å². The van der Waals surface area contributed by atoms with Crippen molar-refractivity contribution in [3.8, 4) is 5.75 Å². The minimum absolute atomic E-state index is 0.0724. The molecule has 2 rings (SSSR count). The zero-order valence-corrected chi connectivity index (χ0v) is 25.4. The van der Waals surface area contributed by atoms with Crippen LogP contribution in [0.15, 0.2) is 41.3 Å². The highest BCUT2D eigenvalue weighted by molar-refractivity contribution is 7.91. The zero-order valence-electron chi connectivity index (χ0n) is 24.6. The van der Waals surface area contributed by atoms with Gasteiger partial charge in [-0.1, -0.05) is 72.1 Å². The fraction of sp³-hybridized carbons (Fsp3) is 0.548. The van der Waals surface area contributed by atoms with E-state index in [-0.39, 0.29) is 46.7 Å². The lowest BCUT2D eigenvalue weighted by Crippen LogP contribution is -2.21. The SMILES string of the molecule is CCCCCC(CC(=O)Nc1cc(CC(=O)OC)ccc1C(C)(C)C)c1ccc(S(=O)(=O)CCC)cc1OC. The van der Waals surface area contributed by atoms with Gasteiger partial charge in [0.05, 0.1) is 31.3 Å². The lowest BCUT2D eigenvalue weighted by molar-refractivity contribution is -0.139. The summed E-state index contributed by atoms with van der Waals surface area (Å²) in [4.78, 5) is 25.6. The van der Waals surface area contributed by atoms with E-state index in [1.54, 1.807) is 18.2 Å². The Bertz CT molecular complexity index is 1230. The lowest BCUT2D eigenvalue weighted by Gasteiger charge is -2.25. The third kappa shape index (κ3) is 9.38. The Morgan fingerprint density at radius 1 is 0.974 bits per heavy atom. The number of benzene rings is 2. The van der Waals surface area contributed by atoms with E-state index in [4.69, 9.17) is 9.47 Å². The molecule has 0 saturated heterocycles. The molecular weight excluding hydrogens is 514 g/mol. The Kier molecular flexibility index (Phi) is 12.0. The monoisotopic (exact) mass is 559 g/mol. The third-order valence-corrected chi connectivity index (χ3v) is 8.72. The van der Waals surface area contributed by atoms with Crippen molar-refractivity contribution in [1.82, 2.24) is 0 Å². The van der Waals surface area contributed by atoms with E-state index in [1.807, 2.05) is 25.1 Å². The van der Waals surface area contributed by atoms with Crippen LogP contribution in [0.5, 0.6) is 5.75 Å². The molecule has 0 heterocycles. The standard InChI is InChI=1S/C31H45NO6S/c1-8-10-11-12-23(25-15-14-24(21-28(25)37-6)39(35,36)17-9-2)20-29(33)32-27-18-22(19-30(34)38-7)13-16-26(27)31(3,4)5/h13-16,18,21,23H,8-12,17,19-20H2,1-7H3,(H,32,33). The average Bonchev–Trinajstić information content (AvgIpc) is 2.87. The number of amides is 1. The first-order valence-corrected chi connectivity index (χ1v) is 15.4. The first kappa shape index (κ1) is 32.3. The number of unbranched alkanes of at least 4 members (excludes halogenated alkanes) is 2. The molecule has 39 heavy (non-hydrogen) atoms. The van der Waals surface area contributed by atoms with Crippen LogP contribution < -0.4 is 10.1 Å². The van der Waals surface area contributed by atoms with E-state index in [0.717, 1.165) is 42.4 Å². The van der Waals surface area contributed by atoms with Crippen LogP contribution in [0.4, 0.5) is 5.69 Å². The van der Waals surface area contributed by atoms with Gasteiger partial charge >= 0.3 is 5.97 Å². The van der Waals surface area contributed by atoms with Gasteiger partial charge in [-0.2, -0.15) is 0 Å². The maximum Gasteiger partial charge on any atom is 0.309 e. The number of carbonyl (C=O) groups excluding carboxylic acids is 2. The Balaban J connectivity index is 2.40. The quantitative estimate of drug-likeness (QED) is 0.207. The summed E-state index contributed by atoms with van der Waals surface area (Å²) in [5.74, 6) is -0.0869. The number of hydrogen-bond acceptors (Lipinski definition) is 6. The predicted molar refractivity (Wildman–Crippen MR) is 156 cm³/mol. The fourth-order valence-corrected chi connectivity index (χ4v) is 6.07. The summed E-state index contributed by atoms with van der Waals surface area (Å²) in [6, 6.07) is 10.7. The molecule has 1 N–H and O–H groups in total. The number of carbonyl (C=O) groups is 2. The summed E-state index contributed by atoms with van der Waals surface area (Å²) in [6.07, 6.45) is 4.66. The van der Waals surface area contributed by atoms with E-state index in [0.29, 0.717) is 17.9 Å². The molecule has 0 aliphatic rings. The van der Waals surface area contributed by atoms with Gasteiger partial charge in [0, 0.05) is 12.1 Å². The molecule has 2 aromatic carbocycles. The molecular formula is C31H45NO6S. The van der Waals surface area contributed by atoms with Gasteiger partial charge in [0.25, 0.3) is 0 Å². The Labute approximate surface area is 234 Å². The largest absolute Gasteiger partial charge is 0.496 e. The van der Waals surface area contributed by atoms with Crippen LogP contribution in [0, 0.1) is 0 Å². The van der Waals surface area contributed by atoms with Crippen molar-refractivity contribution in [3.05, 3.63) is 53.1 Å². The van der Waals surface area contributed by atoms with Gasteiger partial charge in [-0.05, 0) is 59.1 Å². The molecule has 0 aliphatic heterocycles. The summed E-state index contributed by atoms with van der Waals surface area (Å²) < 4.78 is 35.7. The minimum Gasteiger partial charge on any atom is -0.496 e. The molecule has 0 aromatic heterocycles. The smallest absolute Gasteiger partial charge is 0.309 e. The summed E-state index contributed by atoms with van der Waals surface area (Å²) in [6.45, 7) is 10.2. The van der Waals surface area contributed by atoms with Crippen molar-refractivity contribution in [2.75, 3.05) is 25.3 Å². The molecule has 1 amide bonds. The molecule has 0 fully saturated rings. The van der Waals surface area contributed by atoms with Crippen LogP contribution in [0.2, 0.25) is 0 Å². The first-order valence-electron chi connectivity index (χ1n) is 13.8. The second-order valence-electron chi connectivity index (χ2n) is 11.1. The number of rotatable bonds is 14. The van der Waals surface area contributed by atoms with Crippen molar-refractivity contribution in [2.24, 2.45) is 0 Å². The second-order valence-corrected chi connectivity index (χ2v) is 13.2. The van der Waals surface area contributed by atoms with Gasteiger partial charge in [-0.25, -0.2) is 8.42 Å². The topological polar surface area (TPSA) is 98.8 Å². The van der Waals surface area contributed by atoms with Crippen molar-refractivity contribution < 1.29 is 27.5 Å². The number of methoxy groups -OCH3 is 2. The number of ether oxygens (including phenoxy) is 2. The normalized spacial score (nSPS) is 12.6. The molecule has 0 saturated carbocycles. The maximum absolute atomic E-state index is 13.5. The summed E-state index contributed by atoms with van der Waals surface area (Å²) in [5, 5.41) is 3.10. The molecule has 0 aliphatic carbocycles.